The number of nitrogens with zero attached hydrogens (tertiary/aromatic N) is 3. The minimum atomic E-state index is 0.743. The van der Waals surface area contributed by atoms with Gasteiger partial charge in [0.2, 0.25) is 0 Å². The first-order chi connectivity index (χ1) is 13.4. The monoisotopic (exact) mass is 352 g/mol. The van der Waals surface area contributed by atoms with Gasteiger partial charge in [-0.2, -0.15) is 5.26 Å². The molecule has 0 spiro atoms. The highest BCUT2D eigenvalue weighted by molar-refractivity contribution is 5.86. The normalized spacial score (nSPS) is 13.0. The zero-order chi connectivity index (χ0) is 18.2. The molecule has 2 heterocycles. The quantitative estimate of drug-likeness (QED) is 0.588. The molecule has 1 aliphatic rings. The van der Waals surface area contributed by atoms with Crippen LogP contribution >= 0.6 is 0 Å². The number of benzene rings is 2. The van der Waals surface area contributed by atoms with Crippen LogP contribution in [0.25, 0.3) is 16.7 Å². The highest BCUT2D eigenvalue weighted by atomic mass is 15.1. The third-order valence-corrected chi connectivity index (χ3v) is 5.47. The summed E-state index contributed by atoms with van der Waals surface area (Å²) in [6.07, 6.45) is 4.04. The van der Waals surface area contributed by atoms with Crippen molar-refractivity contribution in [2.24, 2.45) is 0 Å². The molecule has 0 fully saturated rings. The summed E-state index contributed by atoms with van der Waals surface area (Å²) in [7, 11) is 0. The number of imidazole rings is 1. The second-order valence-electron chi connectivity index (χ2n) is 7.07. The van der Waals surface area contributed by atoms with E-state index < -0.39 is 0 Å². The molecule has 0 unspecified atom stereocenters. The Morgan fingerprint density at radius 3 is 2.63 bits per heavy atom. The third-order valence-electron chi connectivity index (χ3n) is 5.47. The number of fused-ring (bicyclic) bond motifs is 4. The van der Waals surface area contributed by atoms with Crippen molar-refractivity contribution >= 4 is 22.5 Å². The van der Waals surface area contributed by atoms with Crippen LogP contribution in [0, 0.1) is 11.3 Å². The molecule has 2 aromatic heterocycles. The van der Waals surface area contributed by atoms with E-state index in [1.165, 1.54) is 16.7 Å². The van der Waals surface area contributed by atoms with Gasteiger partial charge >= 0.3 is 0 Å². The summed E-state index contributed by atoms with van der Waals surface area (Å²) in [6.45, 7) is 0.851. The Labute approximate surface area is 158 Å². The average Bonchev–Trinajstić information content (AvgIpc) is 3.33. The molecule has 132 valence electrons. The van der Waals surface area contributed by atoms with E-state index in [-0.39, 0.29) is 0 Å². The first-order valence-electron chi connectivity index (χ1n) is 9.49. The Morgan fingerprint density at radius 1 is 1.00 bits per heavy atom. The van der Waals surface area contributed by atoms with Crippen molar-refractivity contribution in [2.45, 2.75) is 25.7 Å². The maximum Gasteiger partial charge on any atom is 0.157 e. The summed E-state index contributed by atoms with van der Waals surface area (Å²) in [4.78, 5) is 4.79. The van der Waals surface area contributed by atoms with Crippen LogP contribution in [0.15, 0.2) is 54.6 Å². The third kappa shape index (κ3) is 2.55. The first-order valence-corrected chi connectivity index (χ1v) is 9.49. The van der Waals surface area contributed by atoms with E-state index in [9.17, 15) is 5.26 Å². The van der Waals surface area contributed by atoms with Crippen molar-refractivity contribution in [2.75, 3.05) is 11.9 Å². The molecule has 4 nitrogen and oxygen atoms in total. The van der Waals surface area contributed by atoms with Gasteiger partial charge < -0.3 is 5.32 Å². The van der Waals surface area contributed by atoms with Gasteiger partial charge in [-0.15, -0.1) is 0 Å². The van der Waals surface area contributed by atoms with Gasteiger partial charge in [-0.25, -0.2) is 4.98 Å². The van der Waals surface area contributed by atoms with Gasteiger partial charge in [-0.1, -0.05) is 42.5 Å². The number of nitrogens with one attached hydrogen (secondary N) is 1. The average molecular weight is 352 g/mol. The standard InChI is InChI=1S/C23H20N4/c24-15-19-17-9-6-10-18(17)22(25-14-13-16-7-2-1-3-8-16)27-21-12-5-4-11-20(21)26-23(19)27/h1-5,7-8,11-12,25H,6,9-10,13-14H2. The van der Waals surface area contributed by atoms with Gasteiger partial charge in [0.05, 0.1) is 16.6 Å². The van der Waals surface area contributed by atoms with Gasteiger partial charge in [-0.05, 0) is 54.5 Å². The topological polar surface area (TPSA) is 53.1 Å². The summed E-state index contributed by atoms with van der Waals surface area (Å²) in [5.41, 5.74) is 7.30. The van der Waals surface area contributed by atoms with Gasteiger partial charge in [0.1, 0.15) is 11.9 Å². The fourth-order valence-corrected chi connectivity index (χ4v) is 4.24. The molecule has 27 heavy (non-hydrogen) atoms. The van der Waals surface area contributed by atoms with E-state index in [0.717, 1.165) is 60.3 Å². The van der Waals surface area contributed by atoms with E-state index in [2.05, 4.69) is 46.1 Å². The second-order valence-corrected chi connectivity index (χ2v) is 7.07. The van der Waals surface area contributed by atoms with E-state index in [1.54, 1.807) is 0 Å². The van der Waals surface area contributed by atoms with Crippen molar-refractivity contribution in [3.63, 3.8) is 0 Å². The van der Waals surface area contributed by atoms with Gasteiger partial charge in [-0.3, -0.25) is 4.40 Å². The zero-order valence-electron chi connectivity index (χ0n) is 15.1. The van der Waals surface area contributed by atoms with Crippen LogP contribution in [0.4, 0.5) is 5.82 Å². The summed E-state index contributed by atoms with van der Waals surface area (Å²) < 4.78 is 2.16. The molecule has 1 aliphatic carbocycles. The Balaban J connectivity index is 1.65. The molecule has 0 aliphatic heterocycles. The maximum absolute atomic E-state index is 9.82. The van der Waals surface area contributed by atoms with Crippen LogP contribution in [0.2, 0.25) is 0 Å². The smallest absolute Gasteiger partial charge is 0.157 e. The van der Waals surface area contributed by atoms with Crippen LogP contribution in [0.3, 0.4) is 0 Å². The number of hydrogen-bond donors (Lipinski definition) is 1. The van der Waals surface area contributed by atoms with Gasteiger partial charge in [0, 0.05) is 6.54 Å². The molecule has 4 heteroatoms. The fraction of sp³-hybridized carbons (Fsp3) is 0.217. The van der Waals surface area contributed by atoms with E-state index in [0.29, 0.717) is 0 Å². The number of nitriles is 1. The summed E-state index contributed by atoms with van der Waals surface area (Å²) in [5, 5.41) is 13.5. The number of hydrogen-bond acceptors (Lipinski definition) is 3. The van der Waals surface area contributed by atoms with Crippen molar-refractivity contribution in [3.05, 3.63) is 76.9 Å². The predicted octanol–water partition coefficient (Wildman–Crippen LogP) is 4.50. The number of anilines is 1. The first kappa shape index (κ1) is 15.9. The number of pyridine rings is 1. The lowest BCUT2D eigenvalue weighted by molar-refractivity contribution is 0.907. The Kier molecular flexibility index (Phi) is 3.79. The Hall–Kier alpha value is -3.32. The molecule has 0 radical (unpaired) electrons. The van der Waals surface area contributed by atoms with E-state index in [4.69, 9.17) is 4.98 Å². The molecule has 1 N–H and O–H groups in total. The summed E-state index contributed by atoms with van der Waals surface area (Å²) in [5.74, 6) is 1.11. The number of rotatable bonds is 4. The van der Waals surface area contributed by atoms with Gasteiger partial charge in [0.15, 0.2) is 5.65 Å². The maximum atomic E-state index is 9.82. The Morgan fingerprint density at radius 2 is 1.78 bits per heavy atom. The summed E-state index contributed by atoms with van der Waals surface area (Å²) in [6, 6.07) is 21.1. The van der Waals surface area contributed by atoms with Crippen LogP contribution in [0.1, 0.15) is 28.7 Å². The molecule has 2 aromatic carbocycles. The lowest BCUT2D eigenvalue weighted by Crippen LogP contribution is -2.12. The predicted molar refractivity (Wildman–Crippen MR) is 108 cm³/mol. The van der Waals surface area contributed by atoms with Crippen molar-refractivity contribution < 1.29 is 0 Å². The van der Waals surface area contributed by atoms with Gasteiger partial charge in [0.25, 0.3) is 0 Å². The molecule has 0 bridgehead atoms. The van der Waals surface area contributed by atoms with Crippen molar-refractivity contribution in [1.29, 1.82) is 5.26 Å². The largest absolute Gasteiger partial charge is 0.371 e. The van der Waals surface area contributed by atoms with Crippen LogP contribution in [0.5, 0.6) is 0 Å². The molecule has 0 saturated heterocycles. The number of para-hydroxylation sites is 2. The molecular formula is C23H20N4. The molecule has 0 amide bonds. The number of aromatic nitrogens is 2. The lowest BCUT2D eigenvalue weighted by atomic mass is 10.1. The summed E-state index contributed by atoms with van der Waals surface area (Å²) >= 11 is 0. The van der Waals surface area contributed by atoms with Crippen molar-refractivity contribution in [3.8, 4) is 6.07 Å². The Bertz CT molecular complexity index is 1180. The van der Waals surface area contributed by atoms with E-state index in [1.807, 2.05) is 24.3 Å². The molecule has 0 saturated carbocycles. The minimum Gasteiger partial charge on any atom is -0.371 e. The van der Waals surface area contributed by atoms with Crippen LogP contribution in [-0.2, 0) is 19.3 Å². The zero-order valence-corrected chi connectivity index (χ0v) is 15.1. The minimum absolute atomic E-state index is 0.743. The van der Waals surface area contributed by atoms with Crippen LogP contribution in [-0.4, -0.2) is 15.9 Å². The molecule has 0 atom stereocenters. The highest BCUT2D eigenvalue weighted by Crippen LogP contribution is 2.36. The highest BCUT2D eigenvalue weighted by Gasteiger charge is 2.25. The molecule has 5 rings (SSSR count). The SMILES string of the molecule is N#Cc1c2c(c(NCCc3ccccc3)n3c1nc1ccccc13)CCC2. The fourth-order valence-electron chi connectivity index (χ4n) is 4.24. The van der Waals surface area contributed by atoms with E-state index >= 15 is 0 Å². The van der Waals surface area contributed by atoms with Crippen molar-refractivity contribution in [1.82, 2.24) is 9.38 Å². The van der Waals surface area contributed by atoms with Crippen LogP contribution < -0.4 is 5.32 Å². The second kappa shape index (κ2) is 6.44. The molecular weight excluding hydrogens is 332 g/mol. The lowest BCUT2D eigenvalue weighted by Gasteiger charge is -2.16. The molecule has 4 aromatic rings.